The Morgan fingerprint density at radius 3 is 2.74 bits per heavy atom. The number of aryl methyl sites for hydroxylation is 1. The Morgan fingerprint density at radius 1 is 1.32 bits per heavy atom. The fraction of sp³-hybridized carbons (Fsp3) is 0.200. The summed E-state index contributed by atoms with van der Waals surface area (Å²) in [6.07, 6.45) is 1.72. The first kappa shape index (κ1) is 13.1. The summed E-state index contributed by atoms with van der Waals surface area (Å²) in [5.41, 5.74) is 8.82. The third kappa shape index (κ3) is 3.31. The van der Waals surface area contributed by atoms with Gasteiger partial charge in [0.05, 0.1) is 12.2 Å². The van der Waals surface area contributed by atoms with Gasteiger partial charge in [-0.1, -0.05) is 6.07 Å². The third-order valence-electron chi connectivity index (χ3n) is 2.82. The number of nitrogen functional groups attached to an aromatic ring is 1. The molecule has 1 heterocycles. The standard InChI is InChI=1S/C15H17N3O/c1-11-7-12(9-13(16)8-11)15(19)18(2)10-14-5-3-4-6-17-14/h3-9H,10,16H2,1-2H3. The summed E-state index contributed by atoms with van der Waals surface area (Å²) in [6.45, 7) is 2.40. The molecule has 1 amide bonds. The van der Waals surface area contributed by atoms with Crippen molar-refractivity contribution in [2.45, 2.75) is 13.5 Å². The van der Waals surface area contributed by atoms with Gasteiger partial charge in [-0.15, -0.1) is 0 Å². The maximum absolute atomic E-state index is 12.3. The first-order chi connectivity index (χ1) is 9.06. The molecule has 0 spiro atoms. The maximum Gasteiger partial charge on any atom is 0.254 e. The number of aromatic nitrogens is 1. The molecule has 1 aromatic heterocycles. The number of anilines is 1. The van der Waals surface area contributed by atoms with Crippen LogP contribution in [-0.4, -0.2) is 22.8 Å². The summed E-state index contributed by atoms with van der Waals surface area (Å²) in [5, 5.41) is 0. The van der Waals surface area contributed by atoms with Gasteiger partial charge in [0, 0.05) is 24.5 Å². The molecule has 0 saturated heterocycles. The van der Waals surface area contributed by atoms with Crippen molar-refractivity contribution in [3.05, 3.63) is 59.4 Å². The van der Waals surface area contributed by atoms with E-state index in [1.165, 1.54) is 0 Å². The summed E-state index contributed by atoms with van der Waals surface area (Å²) in [4.78, 5) is 18.1. The molecule has 2 rings (SSSR count). The Labute approximate surface area is 112 Å². The zero-order valence-electron chi connectivity index (χ0n) is 11.1. The normalized spacial score (nSPS) is 10.2. The molecule has 1 aromatic carbocycles. The molecule has 0 unspecified atom stereocenters. The van der Waals surface area contributed by atoms with Gasteiger partial charge in [-0.25, -0.2) is 0 Å². The Morgan fingerprint density at radius 2 is 2.11 bits per heavy atom. The van der Waals surface area contributed by atoms with E-state index in [1.807, 2.05) is 37.3 Å². The van der Waals surface area contributed by atoms with Gasteiger partial charge >= 0.3 is 0 Å². The van der Waals surface area contributed by atoms with Crippen molar-refractivity contribution in [1.82, 2.24) is 9.88 Å². The number of carbonyl (C=O) groups is 1. The van der Waals surface area contributed by atoms with Crippen molar-refractivity contribution in [3.8, 4) is 0 Å². The van der Waals surface area contributed by atoms with Crippen LogP contribution in [0.2, 0.25) is 0 Å². The van der Waals surface area contributed by atoms with Gasteiger partial charge in [-0.05, 0) is 42.8 Å². The predicted molar refractivity (Wildman–Crippen MR) is 75.6 cm³/mol. The zero-order chi connectivity index (χ0) is 13.8. The van der Waals surface area contributed by atoms with E-state index >= 15 is 0 Å². The van der Waals surface area contributed by atoms with E-state index in [4.69, 9.17) is 5.73 Å². The first-order valence-corrected chi connectivity index (χ1v) is 6.09. The van der Waals surface area contributed by atoms with E-state index in [0.29, 0.717) is 17.8 Å². The summed E-state index contributed by atoms with van der Waals surface area (Å²) in [6, 6.07) is 11.0. The smallest absolute Gasteiger partial charge is 0.254 e. The molecule has 4 heteroatoms. The summed E-state index contributed by atoms with van der Waals surface area (Å²) < 4.78 is 0. The van der Waals surface area contributed by atoms with Crippen LogP contribution in [0.5, 0.6) is 0 Å². The average molecular weight is 255 g/mol. The minimum Gasteiger partial charge on any atom is -0.399 e. The molecule has 19 heavy (non-hydrogen) atoms. The highest BCUT2D eigenvalue weighted by Crippen LogP contribution is 2.14. The molecular formula is C15H17N3O. The highest BCUT2D eigenvalue weighted by atomic mass is 16.2. The van der Waals surface area contributed by atoms with Gasteiger partial charge < -0.3 is 10.6 Å². The number of hydrogen-bond acceptors (Lipinski definition) is 3. The molecule has 0 atom stereocenters. The van der Waals surface area contributed by atoms with E-state index in [1.54, 1.807) is 24.2 Å². The van der Waals surface area contributed by atoms with E-state index < -0.39 is 0 Å². The molecule has 0 bridgehead atoms. The minimum atomic E-state index is -0.0546. The molecule has 0 aliphatic heterocycles. The summed E-state index contributed by atoms with van der Waals surface area (Å²) >= 11 is 0. The Hall–Kier alpha value is -2.36. The SMILES string of the molecule is Cc1cc(N)cc(C(=O)N(C)Cc2ccccn2)c1. The van der Waals surface area contributed by atoms with E-state index in [-0.39, 0.29) is 5.91 Å². The number of hydrogen-bond donors (Lipinski definition) is 1. The topological polar surface area (TPSA) is 59.2 Å². The minimum absolute atomic E-state index is 0.0546. The number of amides is 1. The largest absolute Gasteiger partial charge is 0.399 e. The van der Waals surface area contributed by atoms with Crippen molar-refractivity contribution in [1.29, 1.82) is 0 Å². The van der Waals surface area contributed by atoms with Crippen molar-refractivity contribution in [3.63, 3.8) is 0 Å². The average Bonchev–Trinajstić information content (AvgIpc) is 2.37. The highest BCUT2D eigenvalue weighted by molar-refractivity contribution is 5.95. The summed E-state index contributed by atoms with van der Waals surface area (Å²) in [5.74, 6) is -0.0546. The van der Waals surface area contributed by atoms with Crippen molar-refractivity contribution < 1.29 is 4.79 Å². The first-order valence-electron chi connectivity index (χ1n) is 6.09. The van der Waals surface area contributed by atoms with Crippen LogP contribution in [0.4, 0.5) is 5.69 Å². The van der Waals surface area contributed by atoms with Crippen molar-refractivity contribution in [2.24, 2.45) is 0 Å². The number of rotatable bonds is 3. The van der Waals surface area contributed by atoms with Gasteiger partial charge in [0.25, 0.3) is 5.91 Å². The Balaban J connectivity index is 2.15. The quantitative estimate of drug-likeness (QED) is 0.856. The van der Waals surface area contributed by atoms with Crippen LogP contribution < -0.4 is 5.73 Å². The molecule has 2 aromatic rings. The molecule has 98 valence electrons. The van der Waals surface area contributed by atoms with Crippen LogP contribution in [0, 0.1) is 6.92 Å². The van der Waals surface area contributed by atoms with E-state index in [0.717, 1.165) is 11.3 Å². The number of pyridine rings is 1. The molecule has 4 nitrogen and oxygen atoms in total. The molecule has 2 N–H and O–H groups in total. The number of nitrogens with zero attached hydrogens (tertiary/aromatic N) is 2. The van der Waals surface area contributed by atoms with Gasteiger partial charge in [0.1, 0.15) is 0 Å². The van der Waals surface area contributed by atoms with Crippen LogP contribution in [0.1, 0.15) is 21.6 Å². The van der Waals surface area contributed by atoms with Crippen LogP contribution in [0.15, 0.2) is 42.6 Å². The van der Waals surface area contributed by atoms with Gasteiger partial charge in [0.2, 0.25) is 0 Å². The molecule has 0 saturated carbocycles. The fourth-order valence-electron chi connectivity index (χ4n) is 1.96. The lowest BCUT2D eigenvalue weighted by Crippen LogP contribution is -2.26. The van der Waals surface area contributed by atoms with E-state index in [2.05, 4.69) is 4.98 Å². The molecule has 0 radical (unpaired) electrons. The molecule has 0 aliphatic rings. The number of carbonyl (C=O) groups excluding carboxylic acids is 1. The third-order valence-corrected chi connectivity index (χ3v) is 2.82. The Bertz CT molecular complexity index is 561. The molecule has 0 aliphatic carbocycles. The monoisotopic (exact) mass is 255 g/mol. The highest BCUT2D eigenvalue weighted by Gasteiger charge is 2.13. The second-order valence-corrected chi connectivity index (χ2v) is 4.61. The fourth-order valence-corrected chi connectivity index (χ4v) is 1.96. The maximum atomic E-state index is 12.3. The van der Waals surface area contributed by atoms with Gasteiger partial charge in [0.15, 0.2) is 0 Å². The number of benzene rings is 1. The molecule has 0 fully saturated rings. The number of nitrogens with two attached hydrogens (primary N) is 1. The van der Waals surface area contributed by atoms with Crippen LogP contribution in [0.25, 0.3) is 0 Å². The summed E-state index contributed by atoms with van der Waals surface area (Å²) in [7, 11) is 1.76. The lowest BCUT2D eigenvalue weighted by atomic mass is 10.1. The Kier molecular flexibility index (Phi) is 3.80. The lowest BCUT2D eigenvalue weighted by Gasteiger charge is -2.17. The zero-order valence-corrected chi connectivity index (χ0v) is 11.1. The second kappa shape index (κ2) is 5.52. The second-order valence-electron chi connectivity index (χ2n) is 4.61. The van der Waals surface area contributed by atoms with E-state index in [9.17, 15) is 4.79 Å². The van der Waals surface area contributed by atoms with Crippen molar-refractivity contribution >= 4 is 11.6 Å². The van der Waals surface area contributed by atoms with Crippen LogP contribution in [0.3, 0.4) is 0 Å². The van der Waals surface area contributed by atoms with Crippen LogP contribution >= 0.6 is 0 Å². The molecular weight excluding hydrogens is 238 g/mol. The van der Waals surface area contributed by atoms with Gasteiger partial charge in [-0.2, -0.15) is 0 Å². The van der Waals surface area contributed by atoms with Gasteiger partial charge in [-0.3, -0.25) is 9.78 Å². The van der Waals surface area contributed by atoms with Crippen molar-refractivity contribution in [2.75, 3.05) is 12.8 Å². The predicted octanol–water partition coefficient (Wildman–Crippen LogP) is 2.24. The van der Waals surface area contributed by atoms with Crippen LogP contribution in [-0.2, 0) is 6.54 Å². The lowest BCUT2D eigenvalue weighted by molar-refractivity contribution is 0.0783.